The topological polar surface area (TPSA) is 9.23 Å². The Morgan fingerprint density at radius 3 is 2.29 bits per heavy atom. The van der Waals surface area contributed by atoms with Crippen molar-refractivity contribution in [2.45, 2.75) is 20.3 Å². The van der Waals surface area contributed by atoms with Gasteiger partial charge in [0.05, 0.1) is 0 Å². The first-order chi connectivity index (χ1) is 3.27. The van der Waals surface area contributed by atoms with Crippen LogP contribution in [0.15, 0.2) is 0 Å². The van der Waals surface area contributed by atoms with Crippen molar-refractivity contribution in [2.75, 3.05) is 7.11 Å². The van der Waals surface area contributed by atoms with Crippen LogP contribution in [0.3, 0.4) is 0 Å². The largest absolute Gasteiger partial charge is 0.554 e. The van der Waals surface area contributed by atoms with Gasteiger partial charge in [0.2, 0.25) is 0 Å². The molecule has 1 nitrogen and oxygen atoms in total. The highest BCUT2D eigenvalue weighted by Gasteiger charge is 1.80. The highest BCUT2D eigenvalue weighted by atomic mass is 16.5. The molecule has 0 heterocycles. The molecule has 0 radical (unpaired) electrons. The maximum Gasteiger partial charge on any atom is -0.000847 e. The molecular formula is C6H13O-. The van der Waals surface area contributed by atoms with E-state index < -0.39 is 0 Å². The number of ether oxygens (including phenoxy) is 1. The highest BCUT2D eigenvalue weighted by molar-refractivity contribution is 4.52. The minimum Gasteiger partial charge on any atom is -0.554 e. The molecule has 0 bridgehead atoms. The van der Waals surface area contributed by atoms with E-state index in [4.69, 9.17) is 4.74 Å². The molecule has 0 rings (SSSR count). The molecule has 0 aliphatic carbocycles. The van der Waals surface area contributed by atoms with E-state index in [-0.39, 0.29) is 0 Å². The van der Waals surface area contributed by atoms with Gasteiger partial charge in [-0.25, -0.2) is 6.61 Å². The fourth-order valence-electron chi connectivity index (χ4n) is 0.289. The van der Waals surface area contributed by atoms with Crippen molar-refractivity contribution in [3.8, 4) is 0 Å². The van der Waals surface area contributed by atoms with E-state index in [1.165, 1.54) is 0 Å². The van der Waals surface area contributed by atoms with E-state index >= 15 is 0 Å². The van der Waals surface area contributed by atoms with Crippen LogP contribution in [-0.4, -0.2) is 7.11 Å². The molecule has 7 heavy (non-hydrogen) atoms. The predicted octanol–water partition coefficient (Wildman–Crippen LogP) is 1.84. The average molecular weight is 101 g/mol. The maximum atomic E-state index is 4.73. The summed E-state index contributed by atoms with van der Waals surface area (Å²) in [6.07, 6.45) is 1.05. The lowest BCUT2D eigenvalue weighted by Gasteiger charge is -2.11. The Bertz CT molecular complexity index is 33.2. The van der Waals surface area contributed by atoms with Crippen LogP contribution in [0, 0.1) is 12.5 Å². The molecule has 0 atom stereocenters. The van der Waals surface area contributed by atoms with E-state index in [1.54, 1.807) is 7.11 Å². The molecule has 0 N–H and O–H groups in total. The van der Waals surface area contributed by atoms with Gasteiger partial charge in [0, 0.05) is 0 Å². The minimum absolute atomic E-state index is 0.722. The second-order valence-corrected chi connectivity index (χ2v) is 2.03. The monoisotopic (exact) mass is 101 g/mol. The molecular weight excluding hydrogens is 88.1 g/mol. The van der Waals surface area contributed by atoms with Crippen LogP contribution in [0.5, 0.6) is 0 Å². The summed E-state index contributed by atoms with van der Waals surface area (Å²) in [4.78, 5) is 0. The highest BCUT2D eigenvalue weighted by Crippen LogP contribution is 2.00. The van der Waals surface area contributed by atoms with E-state index in [0.29, 0.717) is 0 Å². The smallest absolute Gasteiger partial charge is 0.000847 e. The van der Waals surface area contributed by atoms with Gasteiger partial charge in [-0.05, 0) is 7.11 Å². The first kappa shape index (κ1) is 6.96. The lowest BCUT2D eigenvalue weighted by Crippen LogP contribution is -1.87. The molecule has 1 heteroatoms. The van der Waals surface area contributed by atoms with Gasteiger partial charge < -0.3 is 4.74 Å². The fourth-order valence-corrected chi connectivity index (χ4v) is 0.289. The molecule has 0 aromatic rings. The van der Waals surface area contributed by atoms with Crippen molar-refractivity contribution < 1.29 is 4.74 Å². The van der Waals surface area contributed by atoms with Crippen LogP contribution < -0.4 is 0 Å². The second kappa shape index (κ2) is 4.13. The van der Waals surface area contributed by atoms with Crippen LogP contribution >= 0.6 is 0 Å². The van der Waals surface area contributed by atoms with Gasteiger partial charge in [-0.15, -0.1) is 0 Å². The average Bonchev–Trinajstić information content (AvgIpc) is 1.61. The SMILES string of the molecule is CO[CH-]CC(C)C. The molecule has 0 aromatic carbocycles. The Balaban J connectivity index is 2.68. The summed E-state index contributed by atoms with van der Waals surface area (Å²) in [7, 11) is 1.68. The van der Waals surface area contributed by atoms with Gasteiger partial charge in [0.15, 0.2) is 0 Å². The zero-order valence-electron chi connectivity index (χ0n) is 5.27. The molecule has 0 saturated carbocycles. The maximum absolute atomic E-state index is 4.73. The number of hydrogen-bond acceptors (Lipinski definition) is 1. The van der Waals surface area contributed by atoms with Crippen molar-refractivity contribution in [3.05, 3.63) is 6.61 Å². The first-order valence-corrected chi connectivity index (χ1v) is 2.62. The zero-order chi connectivity index (χ0) is 5.70. The summed E-state index contributed by atoms with van der Waals surface area (Å²) < 4.78 is 4.73. The normalized spacial score (nSPS) is 10.3. The molecule has 0 saturated heterocycles. The minimum atomic E-state index is 0.722. The molecule has 0 aliphatic rings. The van der Waals surface area contributed by atoms with Crippen LogP contribution in [-0.2, 0) is 4.74 Å². The Labute approximate surface area is 45.7 Å². The lowest BCUT2D eigenvalue weighted by atomic mass is 10.1. The predicted molar refractivity (Wildman–Crippen MR) is 30.8 cm³/mol. The van der Waals surface area contributed by atoms with Gasteiger partial charge >= 0.3 is 0 Å². The van der Waals surface area contributed by atoms with Crippen molar-refractivity contribution in [2.24, 2.45) is 5.92 Å². The number of hydrogen-bond donors (Lipinski definition) is 0. The molecule has 44 valence electrons. The van der Waals surface area contributed by atoms with Crippen LogP contribution in [0.25, 0.3) is 0 Å². The van der Waals surface area contributed by atoms with Gasteiger partial charge in [-0.2, -0.15) is 6.42 Å². The third-order valence-corrected chi connectivity index (χ3v) is 0.734. The molecule has 0 aliphatic heterocycles. The van der Waals surface area contributed by atoms with Gasteiger partial charge in [0.25, 0.3) is 0 Å². The lowest BCUT2D eigenvalue weighted by molar-refractivity contribution is 0.253. The van der Waals surface area contributed by atoms with Crippen LogP contribution in [0.1, 0.15) is 20.3 Å². The number of methoxy groups -OCH3 is 1. The molecule has 0 unspecified atom stereocenters. The van der Waals surface area contributed by atoms with Crippen molar-refractivity contribution >= 4 is 0 Å². The summed E-state index contributed by atoms with van der Waals surface area (Å²) in [6, 6.07) is 0. The first-order valence-electron chi connectivity index (χ1n) is 2.62. The van der Waals surface area contributed by atoms with Gasteiger partial charge in [-0.3, -0.25) is 0 Å². The van der Waals surface area contributed by atoms with Crippen molar-refractivity contribution in [1.82, 2.24) is 0 Å². The molecule has 0 amide bonds. The summed E-state index contributed by atoms with van der Waals surface area (Å²) in [5.74, 6) is 0.722. The summed E-state index contributed by atoms with van der Waals surface area (Å²) in [6.45, 7) is 6.15. The van der Waals surface area contributed by atoms with E-state index in [2.05, 4.69) is 13.8 Å². The standard InChI is InChI=1S/C6H13O/c1-6(2)4-5-7-3/h5-6H,4H2,1-3H3/q-1. The third-order valence-electron chi connectivity index (χ3n) is 0.734. The second-order valence-electron chi connectivity index (χ2n) is 2.03. The Morgan fingerprint density at radius 1 is 1.57 bits per heavy atom. The van der Waals surface area contributed by atoms with Gasteiger partial charge in [-0.1, -0.05) is 19.8 Å². The van der Waals surface area contributed by atoms with Crippen molar-refractivity contribution in [3.63, 3.8) is 0 Å². The Hall–Kier alpha value is -0.0400. The summed E-state index contributed by atoms with van der Waals surface area (Å²) >= 11 is 0. The summed E-state index contributed by atoms with van der Waals surface area (Å²) in [5, 5.41) is 0. The Kier molecular flexibility index (Phi) is 4.10. The molecule has 0 fully saturated rings. The van der Waals surface area contributed by atoms with E-state index in [1.807, 2.05) is 6.61 Å². The Morgan fingerprint density at radius 2 is 2.14 bits per heavy atom. The van der Waals surface area contributed by atoms with Crippen LogP contribution in [0.2, 0.25) is 0 Å². The fraction of sp³-hybridized carbons (Fsp3) is 0.833. The zero-order valence-corrected chi connectivity index (χ0v) is 5.27. The van der Waals surface area contributed by atoms with E-state index in [9.17, 15) is 0 Å². The van der Waals surface area contributed by atoms with E-state index in [0.717, 1.165) is 12.3 Å². The molecule has 0 aromatic heterocycles. The quantitative estimate of drug-likeness (QED) is 0.493. The van der Waals surface area contributed by atoms with Crippen molar-refractivity contribution in [1.29, 1.82) is 0 Å². The third kappa shape index (κ3) is 5.96. The number of rotatable bonds is 3. The van der Waals surface area contributed by atoms with Crippen LogP contribution in [0.4, 0.5) is 0 Å². The molecule has 0 spiro atoms. The summed E-state index contributed by atoms with van der Waals surface area (Å²) in [5.41, 5.74) is 0. The van der Waals surface area contributed by atoms with Gasteiger partial charge in [0.1, 0.15) is 0 Å².